The average molecular weight is 407 g/mol. The van der Waals surface area contributed by atoms with Gasteiger partial charge >= 0.3 is 5.97 Å². The fraction of sp³-hybridized carbons (Fsp3) is 0.611. The molecule has 28 heavy (non-hydrogen) atoms. The number of rotatable bonds is 3. The van der Waals surface area contributed by atoms with Crippen molar-refractivity contribution in [3.05, 3.63) is 11.6 Å². The first-order valence-corrected chi connectivity index (χ1v) is 9.92. The summed E-state index contributed by atoms with van der Waals surface area (Å²) >= 11 is 6.06. The van der Waals surface area contributed by atoms with Crippen LogP contribution in [-0.2, 0) is 14.3 Å². The fourth-order valence-corrected chi connectivity index (χ4v) is 4.31. The number of carbonyl (C=O) groups excluding carboxylic acids is 2. The van der Waals surface area contributed by atoms with Crippen LogP contribution in [0.4, 0.5) is 5.82 Å². The van der Waals surface area contributed by atoms with Crippen LogP contribution in [0.2, 0.25) is 5.28 Å². The molecule has 1 amide bonds. The van der Waals surface area contributed by atoms with Crippen LogP contribution < -0.4 is 4.90 Å². The van der Waals surface area contributed by atoms with E-state index in [4.69, 9.17) is 16.3 Å². The molecule has 1 N–H and O–H groups in total. The summed E-state index contributed by atoms with van der Waals surface area (Å²) in [6.07, 6.45) is 4.62. The minimum atomic E-state index is -0.180. The number of piperidine rings is 2. The Morgan fingerprint density at radius 1 is 1.18 bits per heavy atom. The van der Waals surface area contributed by atoms with E-state index in [2.05, 4.69) is 24.8 Å². The number of imidazole rings is 1. The number of likely N-dealkylation sites (tertiary alicyclic amines) is 1. The smallest absolute Gasteiger partial charge is 0.308 e. The van der Waals surface area contributed by atoms with Gasteiger partial charge in [-0.1, -0.05) is 0 Å². The number of fused-ring (bicyclic) bond motifs is 1. The number of nitrogens with zero attached hydrogens (tertiary/aromatic N) is 5. The summed E-state index contributed by atoms with van der Waals surface area (Å²) in [6, 6.07) is 0. The molecule has 0 bridgehead atoms. The SMILES string of the molecule is COC(=O)C1CCN(C(=O)[C@H]2CCCN(c3nc(Cl)nc4nc[nH]c34)C2)CC1. The largest absolute Gasteiger partial charge is 0.469 e. The van der Waals surface area contributed by atoms with E-state index in [0.29, 0.717) is 43.9 Å². The van der Waals surface area contributed by atoms with Gasteiger partial charge in [0.25, 0.3) is 0 Å². The Morgan fingerprint density at radius 2 is 1.96 bits per heavy atom. The lowest BCUT2D eigenvalue weighted by molar-refractivity contribution is -0.149. The van der Waals surface area contributed by atoms with Gasteiger partial charge in [0.05, 0.1) is 25.3 Å². The molecule has 2 aliphatic heterocycles. The van der Waals surface area contributed by atoms with E-state index in [-0.39, 0.29) is 29.0 Å². The highest BCUT2D eigenvalue weighted by molar-refractivity contribution is 6.28. The number of H-pyrrole nitrogens is 1. The molecule has 150 valence electrons. The van der Waals surface area contributed by atoms with E-state index in [0.717, 1.165) is 24.9 Å². The summed E-state index contributed by atoms with van der Waals surface area (Å²) in [5.41, 5.74) is 1.25. The zero-order chi connectivity index (χ0) is 19.7. The van der Waals surface area contributed by atoms with Gasteiger partial charge in [-0.25, -0.2) is 4.98 Å². The van der Waals surface area contributed by atoms with E-state index in [1.54, 1.807) is 6.33 Å². The first-order valence-electron chi connectivity index (χ1n) is 9.55. The van der Waals surface area contributed by atoms with E-state index in [1.807, 2.05) is 4.90 Å². The fourth-order valence-electron chi connectivity index (χ4n) is 4.15. The second-order valence-corrected chi connectivity index (χ2v) is 7.66. The van der Waals surface area contributed by atoms with Crippen LogP contribution in [0, 0.1) is 11.8 Å². The van der Waals surface area contributed by atoms with Crippen LogP contribution in [0.15, 0.2) is 6.33 Å². The molecule has 0 saturated carbocycles. The van der Waals surface area contributed by atoms with Gasteiger partial charge in [0.2, 0.25) is 11.2 Å². The molecular formula is C18H23ClN6O3. The highest BCUT2D eigenvalue weighted by Gasteiger charge is 2.34. The third-order valence-corrected chi connectivity index (χ3v) is 5.82. The molecule has 0 radical (unpaired) electrons. The Labute approximate surface area is 167 Å². The number of ether oxygens (including phenoxy) is 1. The van der Waals surface area contributed by atoms with E-state index in [1.165, 1.54) is 7.11 Å². The molecule has 2 aromatic heterocycles. The standard InChI is InChI=1S/C18H23ClN6O3/c1-28-17(27)11-4-7-24(8-5-11)16(26)12-3-2-6-25(9-12)15-13-14(21-10-20-13)22-18(19)23-15/h10-12H,2-9H2,1H3,(H,20,21,22,23)/t12-/m0/s1. The van der Waals surface area contributed by atoms with Crippen molar-refractivity contribution in [1.82, 2.24) is 24.8 Å². The molecule has 0 spiro atoms. The maximum atomic E-state index is 13.1. The number of esters is 1. The van der Waals surface area contributed by atoms with Crippen LogP contribution in [0.1, 0.15) is 25.7 Å². The molecule has 2 fully saturated rings. The van der Waals surface area contributed by atoms with Gasteiger partial charge in [-0.15, -0.1) is 0 Å². The van der Waals surface area contributed by atoms with Gasteiger partial charge in [-0.05, 0) is 37.3 Å². The lowest BCUT2D eigenvalue weighted by atomic mass is 9.93. The van der Waals surface area contributed by atoms with Gasteiger partial charge < -0.3 is 19.5 Å². The summed E-state index contributed by atoms with van der Waals surface area (Å²) in [5, 5.41) is 0.146. The number of methoxy groups -OCH3 is 1. The minimum absolute atomic E-state index is 0.102. The molecule has 1 atom stereocenters. The van der Waals surface area contributed by atoms with Crippen molar-refractivity contribution in [2.24, 2.45) is 11.8 Å². The molecule has 2 saturated heterocycles. The number of nitrogens with one attached hydrogen (secondary N) is 1. The van der Waals surface area contributed by atoms with Crippen molar-refractivity contribution in [1.29, 1.82) is 0 Å². The molecular weight excluding hydrogens is 384 g/mol. The maximum Gasteiger partial charge on any atom is 0.308 e. The highest BCUT2D eigenvalue weighted by atomic mass is 35.5. The van der Waals surface area contributed by atoms with Gasteiger partial charge in [0.15, 0.2) is 11.5 Å². The van der Waals surface area contributed by atoms with Crippen LogP contribution >= 0.6 is 11.6 Å². The lowest BCUT2D eigenvalue weighted by Gasteiger charge is -2.37. The second-order valence-electron chi connectivity index (χ2n) is 7.33. The molecule has 2 aliphatic rings. The molecule has 4 rings (SSSR count). The number of hydrogen-bond acceptors (Lipinski definition) is 7. The summed E-state index contributed by atoms with van der Waals surface area (Å²) in [7, 11) is 1.41. The number of aromatic nitrogens is 4. The van der Waals surface area contributed by atoms with Crippen molar-refractivity contribution in [3.63, 3.8) is 0 Å². The molecule has 10 heteroatoms. The minimum Gasteiger partial charge on any atom is -0.469 e. The third kappa shape index (κ3) is 3.63. The molecule has 4 heterocycles. The van der Waals surface area contributed by atoms with Gasteiger partial charge in [-0.2, -0.15) is 9.97 Å². The number of aromatic amines is 1. The topological polar surface area (TPSA) is 104 Å². The van der Waals surface area contributed by atoms with Gasteiger partial charge in [0, 0.05) is 26.2 Å². The number of anilines is 1. The van der Waals surface area contributed by atoms with E-state index >= 15 is 0 Å². The van der Waals surface area contributed by atoms with Crippen LogP contribution in [-0.4, -0.2) is 70.0 Å². The normalized spacial score (nSPS) is 21.1. The summed E-state index contributed by atoms with van der Waals surface area (Å²) in [5.74, 6) is 0.451. The van der Waals surface area contributed by atoms with Crippen molar-refractivity contribution >= 4 is 40.5 Å². The molecule has 9 nitrogen and oxygen atoms in total. The lowest BCUT2D eigenvalue weighted by Crippen LogP contribution is -2.48. The second kappa shape index (κ2) is 7.90. The van der Waals surface area contributed by atoms with Crippen molar-refractivity contribution in [2.75, 3.05) is 38.2 Å². The molecule has 0 unspecified atom stereocenters. The number of carbonyl (C=O) groups is 2. The van der Waals surface area contributed by atoms with E-state index < -0.39 is 0 Å². The van der Waals surface area contributed by atoms with Gasteiger partial charge in [-0.3, -0.25) is 9.59 Å². The Bertz CT molecular complexity index is 879. The van der Waals surface area contributed by atoms with E-state index in [9.17, 15) is 9.59 Å². The summed E-state index contributed by atoms with van der Waals surface area (Å²) in [6.45, 7) is 2.57. The molecule has 0 aliphatic carbocycles. The number of amides is 1. The first kappa shape index (κ1) is 18.9. The zero-order valence-corrected chi connectivity index (χ0v) is 16.5. The summed E-state index contributed by atoms with van der Waals surface area (Å²) in [4.78, 5) is 44.4. The number of halogens is 1. The van der Waals surface area contributed by atoms with Crippen molar-refractivity contribution in [3.8, 4) is 0 Å². The van der Waals surface area contributed by atoms with Crippen LogP contribution in [0.5, 0.6) is 0 Å². The molecule has 2 aromatic rings. The van der Waals surface area contributed by atoms with Crippen LogP contribution in [0.3, 0.4) is 0 Å². The third-order valence-electron chi connectivity index (χ3n) is 5.65. The average Bonchev–Trinajstić information content (AvgIpc) is 3.20. The van der Waals surface area contributed by atoms with Gasteiger partial charge in [0.1, 0.15) is 5.52 Å². The Balaban J connectivity index is 1.44. The van der Waals surface area contributed by atoms with Crippen molar-refractivity contribution in [2.45, 2.75) is 25.7 Å². The summed E-state index contributed by atoms with van der Waals surface area (Å²) < 4.78 is 4.82. The monoisotopic (exact) mass is 406 g/mol. The van der Waals surface area contributed by atoms with Crippen molar-refractivity contribution < 1.29 is 14.3 Å². The highest BCUT2D eigenvalue weighted by Crippen LogP contribution is 2.29. The zero-order valence-electron chi connectivity index (χ0n) is 15.7. The predicted octanol–water partition coefficient (Wildman–Crippen LogP) is 1.63. The Hall–Kier alpha value is -2.42. The molecule has 0 aromatic carbocycles. The Kier molecular flexibility index (Phi) is 5.34. The quantitative estimate of drug-likeness (QED) is 0.610. The predicted molar refractivity (Wildman–Crippen MR) is 103 cm³/mol. The Morgan fingerprint density at radius 3 is 2.71 bits per heavy atom. The first-order chi connectivity index (χ1) is 13.6. The maximum absolute atomic E-state index is 13.1. The number of hydrogen-bond donors (Lipinski definition) is 1. The van der Waals surface area contributed by atoms with Crippen LogP contribution in [0.25, 0.3) is 11.2 Å².